The van der Waals surface area contributed by atoms with E-state index in [1.807, 2.05) is 6.07 Å². The topological polar surface area (TPSA) is 70.8 Å². The zero-order valence-corrected chi connectivity index (χ0v) is 11.0. The van der Waals surface area contributed by atoms with Crippen LogP contribution in [-0.2, 0) is 16.1 Å². The lowest BCUT2D eigenvalue weighted by molar-refractivity contribution is -0.145. The molecule has 1 saturated carbocycles. The lowest BCUT2D eigenvalue weighted by atomic mass is 9.81. The van der Waals surface area contributed by atoms with Crippen molar-refractivity contribution in [3.05, 3.63) is 24.2 Å². The number of carboxylic acid groups (broad SMARTS) is 1. The first-order valence-corrected chi connectivity index (χ1v) is 6.58. The van der Waals surface area contributed by atoms with E-state index in [2.05, 4.69) is 0 Å². The molecule has 1 aromatic heterocycles. The maximum absolute atomic E-state index is 12.2. The Morgan fingerprint density at radius 1 is 1.32 bits per heavy atom. The molecule has 1 amide bonds. The third-order valence-electron chi connectivity index (χ3n) is 3.77. The summed E-state index contributed by atoms with van der Waals surface area (Å²) >= 11 is 0. The minimum Gasteiger partial charge on any atom is -0.481 e. The number of carbonyl (C=O) groups excluding carboxylic acids is 1. The van der Waals surface area contributed by atoms with Gasteiger partial charge in [0.1, 0.15) is 5.76 Å². The molecule has 0 unspecified atom stereocenters. The summed E-state index contributed by atoms with van der Waals surface area (Å²) in [5.74, 6) is -0.222. The third-order valence-corrected chi connectivity index (χ3v) is 3.77. The minimum absolute atomic E-state index is 0.0458. The maximum atomic E-state index is 12.2. The zero-order valence-electron chi connectivity index (χ0n) is 11.0. The van der Waals surface area contributed by atoms with E-state index in [0.717, 1.165) is 5.76 Å². The van der Waals surface area contributed by atoms with E-state index in [0.29, 0.717) is 32.2 Å². The number of amides is 1. The van der Waals surface area contributed by atoms with Crippen molar-refractivity contribution >= 4 is 11.9 Å². The normalized spacial score (nSPS) is 23.0. The molecule has 19 heavy (non-hydrogen) atoms. The number of furan rings is 1. The second-order valence-corrected chi connectivity index (χ2v) is 5.16. The number of hydrogen-bond donors (Lipinski definition) is 1. The van der Waals surface area contributed by atoms with Crippen LogP contribution in [0.15, 0.2) is 22.8 Å². The fourth-order valence-corrected chi connectivity index (χ4v) is 2.61. The van der Waals surface area contributed by atoms with Crippen LogP contribution < -0.4 is 0 Å². The van der Waals surface area contributed by atoms with Gasteiger partial charge in [-0.05, 0) is 37.8 Å². The Balaban J connectivity index is 1.85. The molecule has 104 valence electrons. The molecule has 0 spiro atoms. The van der Waals surface area contributed by atoms with Crippen LogP contribution in [-0.4, -0.2) is 28.9 Å². The summed E-state index contributed by atoms with van der Waals surface area (Å²) in [6.07, 6.45) is 4.11. The third kappa shape index (κ3) is 3.36. The molecular formula is C14H19NO4. The highest BCUT2D eigenvalue weighted by molar-refractivity contribution is 5.79. The van der Waals surface area contributed by atoms with Gasteiger partial charge < -0.3 is 14.4 Å². The van der Waals surface area contributed by atoms with Gasteiger partial charge in [-0.3, -0.25) is 9.59 Å². The van der Waals surface area contributed by atoms with E-state index < -0.39 is 5.97 Å². The van der Waals surface area contributed by atoms with Crippen LogP contribution in [0.2, 0.25) is 0 Å². The summed E-state index contributed by atoms with van der Waals surface area (Å²) in [6.45, 7) is 0.463. The minimum atomic E-state index is -0.741. The highest BCUT2D eigenvalue weighted by Crippen LogP contribution is 2.30. The van der Waals surface area contributed by atoms with Crippen LogP contribution in [0.4, 0.5) is 0 Å². The quantitative estimate of drug-likeness (QED) is 0.905. The molecule has 1 heterocycles. The number of aliphatic carboxylic acids is 1. The Bertz CT molecular complexity index is 432. The van der Waals surface area contributed by atoms with Crippen molar-refractivity contribution in [2.45, 2.75) is 32.2 Å². The first kappa shape index (κ1) is 13.6. The molecule has 0 atom stereocenters. The van der Waals surface area contributed by atoms with Crippen molar-refractivity contribution in [3.8, 4) is 0 Å². The molecule has 2 rings (SSSR count). The van der Waals surface area contributed by atoms with Gasteiger partial charge in [-0.25, -0.2) is 0 Å². The number of hydrogen-bond acceptors (Lipinski definition) is 3. The molecular weight excluding hydrogens is 246 g/mol. The van der Waals surface area contributed by atoms with Crippen LogP contribution in [0, 0.1) is 11.8 Å². The zero-order chi connectivity index (χ0) is 13.8. The number of nitrogens with zero attached hydrogens (tertiary/aromatic N) is 1. The average Bonchev–Trinajstić information content (AvgIpc) is 2.90. The smallest absolute Gasteiger partial charge is 0.306 e. The SMILES string of the molecule is CN(Cc1ccco1)C(=O)C1CCC(C(=O)O)CC1. The van der Waals surface area contributed by atoms with Crippen molar-refractivity contribution in [1.82, 2.24) is 4.90 Å². The molecule has 1 fully saturated rings. The maximum Gasteiger partial charge on any atom is 0.306 e. The second kappa shape index (κ2) is 5.91. The van der Waals surface area contributed by atoms with Gasteiger partial charge in [-0.1, -0.05) is 0 Å². The Hall–Kier alpha value is -1.78. The van der Waals surface area contributed by atoms with E-state index >= 15 is 0 Å². The Labute approximate surface area is 112 Å². The molecule has 0 saturated heterocycles. The van der Waals surface area contributed by atoms with Gasteiger partial charge in [0.2, 0.25) is 5.91 Å². The van der Waals surface area contributed by atoms with E-state index in [4.69, 9.17) is 9.52 Å². The molecule has 1 aliphatic carbocycles. The first-order chi connectivity index (χ1) is 9.08. The van der Waals surface area contributed by atoms with Gasteiger partial charge in [-0.15, -0.1) is 0 Å². The highest BCUT2D eigenvalue weighted by atomic mass is 16.4. The Morgan fingerprint density at radius 2 is 1.95 bits per heavy atom. The highest BCUT2D eigenvalue weighted by Gasteiger charge is 2.31. The van der Waals surface area contributed by atoms with Crippen molar-refractivity contribution in [3.63, 3.8) is 0 Å². The summed E-state index contributed by atoms with van der Waals surface area (Å²) in [4.78, 5) is 24.8. The van der Waals surface area contributed by atoms with E-state index in [-0.39, 0.29) is 17.7 Å². The fourth-order valence-electron chi connectivity index (χ4n) is 2.61. The van der Waals surface area contributed by atoms with Gasteiger partial charge >= 0.3 is 5.97 Å². The van der Waals surface area contributed by atoms with Crippen LogP contribution in [0.5, 0.6) is 0 Å². The molecule has 5 heteroatoms. The lowest BCUT2D eigenvalue weighted by Gasteiger charge is -2.28. The van der Waals surface area contributed by atoms with E-state index in [1.165, 1.54) is 0 Å². The molecule has 0 bridgehead atoms. The van der Waals surface area contributed by atoms with Crippen LogP contribution in [0.1, 0.15) is 31.4 Å². The predicted octanol–water partition coefficient (Wildman–Crippen LogP) is 2.13. The molecule has 1 aliphatic rings. The first-order valence-electron chi connectivity index (χ1n) is 6.58. The summed E-state index contributed by atoms with van der Waals surface area (Å²) in [5, 5.41) is 8.94. The van der Waals surface area contributed by atoms with Crippen molar-refractivity contribution in [2.24, 2.45) is 11.8 Å². The van der Waals surface area contributed by atoms with Gasteiger partial charge in [0, 0.05) is 13.0 Å². The van der Waals surface area contributed by atoms with Gasteiger partial charge in [0.15, 0.2) is 0 Å². The van der Waals surface area contributed by atoms with E-state index in [1.54, 1.807) is 24.3 Å². The fraction of sp³-hybridized carbons (Fsp3) is 0.571. The molecule has 0 aromatic carbocycles. The Morgan fingerprint density at radius 3 is 2.47 bits per heavy atom. The summed E-state index contributed by atoms with van der Waals surface area (Å²) in [5.41, 5.74) is 0. The van der Waals surface area contributed by atoms with Gasteiger partial charge in [0.25, 0.3) is 0 Å². The molecule has 1 aromatic rings. The van der Waals surface area contributed by atoms with Crippen molar-refractivity contribution in [1.29, 1.82) is 0 Å². The summed E-state index contributed by atoms with van der Waals surface area (Å²) in [7, 11) is 1.76. The molecule has 5 nitrogen and oxygen atoms in total. The Kier molecular flexibility index (Phi) is 4.24. The van der Waals surface area contributed by atoms with Crippen LogP contribution in [0.3, 0.4) is 0 Å². The summed E-state index contributed by atoms with van der Waals surface area (Å²) < 4.78 is 5.22. The molecule has 0 radical (unpaired) electrons. The lowest BCUT2D eigenvalue weighted by Crippen LogP contribution is -2.35. The van der Waals surface area contributed by atoms with Crippen LogP contribution >= 0.6 is 0 Å². The standard InChI is InChI=1S/C14H19NO4/c1-15(9-12-3-2-8-19-12)13(16)10-4-6-11(7-5-10)14(17)18/h2-3,8,10-11H,4-7,9H2,1H3,(H,17,18). The van der Waals surface area contributed by atoms with Crippen molar-refractivity contribution < 1.29 is 19.1 Å². The molecule has 0 aliphatic heterocycles. The second-order valence-electron chi connectivity index (χ2n) is 5.16. The summed E-state index contributed by atoms with van der Waals surface area (Å²) in [6, 6.07) is 3.64. The average molecular weight is 265 g/mol. The number of carboxylic acids is 1. The largest absolute Gasteiger partial charge is 0.481 e. The van der Waals surface area contributed by atoms with Gasteiger partial charge in [0.05, 0.1) is 18.7 Å². The number of rotatable bonds is 4. The molecule has 1 N–H and O–H groups in total. The van der Waals surface area contributed by atoms with Crippen molar-refractivity contribution in [2.75, 3.05) is 7.05 Å². The predicted molar refractivity (Wildman–Crippen MR) is 68.3 cm³/mol. The number of carbonyl (C=O) groups is 2. The monoisotopic (exact) mass is 265 g/mol. The van der Waals surface area contributed by atoms with E-state index in [9.17, 15) is 9.59 Å². The van der Waals surface area contributed by atoms with Crippen LogP contribution in [0.25, 0.3) is 0 Å². The van der Waals surface area contributed by atoms with Gasteiger partial charge in [-0.2, -0.15) is 0 Å².